The van der Waals surface area contributed by atoms with Crippen LogP contribution in [0.15, 0.2) is 85.1 Å². The molecule has 1 unspecified atom stereocenters. The van der Waals surface area contributed by atoms with E-state index in [1.54, 1.807) is 0 Å². The topological polar surface area (TPSA) is 72.8 Å². The van der Waals surface area contributed by atoms with Gasteiger partial charge in [-0.25, -0.2) is 0 Å². The van der Waals surface area contributed by atoms with Gasteiger partial charge in [-0.05, 0) is 70.6 Å². The van der Waals surface area contributed by atoms with Gasteiger partial charge >= 0.3 is 11.9 Å². The molecule has 5 nitrogen and oxygen atoms in total. The maximum absolute atomic E-state index is 12.1. The standard InChI is InChI=1S/C39H62O5/c1-3-5-7-9-11-13-15-16-17-18-19-20-21-22-24-26-28-30-32-34-39(42)44-37(35-40)36-43-38(41)33-31-29-27-25-23-14-12-10-8-6-4-2/h5,7,10-13,16-17,19-20,22,24,28,30,37,40H,3-4,6,8-9,14-15,18,21,23,25-27,29,31-36H2,1-2H3. The first-order chi connectivity index (χ1) is 21.6. The van der Waals surface area contributed by atoms with Crippen LogP contribution in [0.1, 0.15) is 129 Å². The second-order valence-electron chi connectivity index (χ2n) is 10.9. The Morgan fingerprint density at radius 2 is 1.02 bits per heavy atom. The average molecular weight is 611 g/mol. The average Bonchev–Trinajstić information content (AvgIpc) is 3.02. The summed E-state index contributed by atoms with van der Waals surface area (Å²) in [6.45, 7) is 3.88. The summed E-state index contributed by atoms with van der Waals surface area (Å²) in [5.41, 5.74) is 0. The normalized spacial score (nSPS) is 13.2. The first-order valence-corrected chi connectivity index (χ1v) is 17.1. The minimum Gasteiger partial charge on any atom is -0.462 e. The first kappa shape index (κ1) is 41.1. The van der Waals surface area contributed by atoms with E-state index in [1.165, 1.54) is 32.1 Å². The number of aliphatic hydroxyl groups is 1. The van der Waals surface area contributed by atoms with Crippen molar-refractivity contribution in [3.05, 3.63) is 85.1 Å². The molecule has 0 saturated heterocycles. The lowest BCUT2D eigenvalue weighted by Gasteiger charge is -2.15. The second-order valence-corrected chi connectivity index (χ2v) is 10.9. The predicted octanol–water partition coefficient (Wildman–Crippen LogP) is 10.4. The molecule has 0 aromatic carbocycles. The lowest BCUT2D eigenvalue weighted by molar-refractivity contribution is -0.161. The Bertz CT molecular complexity index is 875. The number of ether oxygens (including phenoxy) is 2. The number of carbonyl (C=O) groups is 2. The van der Waals surface area contributed by atoms with Crippen LogP contribution in [0.2, 0.25) is 0 Å². The molecule has 0 aliphatic carbocycles. The third-order valence-electron chi connectivity index (χ3n) is 6.69. The summed E-state index contributed by atoms with van der Waals surface area (Å²) in [5.74, 6) is -0.712. The lowest BCUT2D eigenvalue weighted by atomic mass is 10.1. The van der Waals surface area contributed by atoms with Crippen LogP contribution in [-0.4, -0.2) is 36.4 Å². The zero-order chi connectivity index (χ0) is 32.2. The van der Waals surface area contributed by atoms with Gasteiger partial charge in [0.2, 0.25) is 0 Å². The molecule has 0 fully saturated rings. The Hall–Kier alpha value is -2.92. The van der Waals surface area contributed by atoms with Crippen LogP contribution < -0.4 is 0 Å². The Morgan fingerprint density at radius 1 is 0.545 bits per heavy atom. The molecule has 0 saturated carbocycles. The molecule has 1 atom stereocenters. The van der Waals surface area contributed by atoms with Crippen LogP contribution in [0.3, 0.4) is 0 Å². The molecule has 0 heterocycles. The number of carbonyl (C=O) groups excluding carboxylic acids is 2. The van der Waals surface area contributed by atoms with Crippen molar-refractivity contribution in [1.82, 2.24) is 0 Å². The van der Waals surface area contributed by atoms with E-state index >= 15 is 0 Å². The second kappa shape index (κ2) is 34.6. The highest BCUT2D eigenvalue weighted by atomic mass is 16.6. The van der Waals surface area contributed by atoms with Crippen LogP contribution in [-0.2, 0) is 19.1 Å². The minimum atomic E-state index is -0.817. The molecule has 248 valence electrons. The number of aliphatic hydroxyl groups excluding tert-OH is 1. The van der Waals surface area contributed by atoms with Crippen LogP contribution in [0, 0.1) is 0 Å². The molecular formula is C39H62O5. The smallest absolute Gasteiger partial charge is 0.306 e. The maximum atomic E-state index is 12.1. The van der Waals surface area contributed by atoms with E-state index in [-0.39, 0.29) is 25.6 Å². The van der Waals surface area contributed by atoms with Crippen molar-refractivity contribution in [2.45, 2.75) is 136 Å². The van der Waals surface area contributed by atoms with Crippen molar-refractivity contribution in [2.24, 2.45) is 0 Å². The van der Waals surface area contributed by atoms with Gasteiger partial charge in [0.1, 0.15) is 6.61 Å². The molecule has 0 spiro atoms. The summed E-state index contributed by atoms with van der Waals surface area (Å²) < 4.78 is 10.5. The van der Waals surface area contributed by atoms with Crippen molar-refractivity contribution in [3.8, 4) is 0 Å². The van der Waals surface area contributed by atoms with Crippen LogP contribution in [0.25, 0.3) is 0 Å². The van der Waals surface area contributed by atoms with E-state index < -0.39 is 12.1 Å². The molecule has 0 bridgehead atoms. The van der Waals surface area contributed by atoms with Gasteiger partial charge in [0.25, 0.3) is 0 Å². The number of rotatable bonds is 29. The fourth-order valence-electron chi connectivity index (χ4n) is 4.09. The van der Waals surface area contributed by atoms with E-state index in [4.69, 9.17) is 9.47 Å². The zero-order valence-corrected chi connectivity index (χ0v) is 27.9. The fraction of sp³-hybridized carbons (Fsp3) is 0.590. The third-order valence-corrected chi connectivity index (χ3v) is 6.69. The molecule has 44 heavy (non-hydrogen) atoms. The highest BCUT2D eigenvalue weighted by Crippen LogP contribution is 2.09. The summed E-state index contributed by atoms with van der Waals surface area (Å²) in [6.07, 6.45) is 46.5. The predicted molar refractivity (Wildman–Crippen MR) is 186 cm³/mol. The Kier molecular flexibility index (Phi) is 32.3. The number of hydrogen-bond donors (Lipinski definition) is 1. The largest absolute Gasteiger partial charge is 0.462 e. The van der Waals surface area contributed by atoms with Crippen LogP contribution in [0.5, 0.6) is 0 Å². The molecule has 0 aliphatic heterocycles. The summed E-state index contributed by atoms with van der Waals surface area (Å²) in [7, 11) is 0. The molecule has 0 aromatic rings. The van der Waals surface area contributed by atoms with E-state index in [9.17, 15) is 14.7 Å². The molecule has 0 rings (SSSR count). The highest BCUT2D eigenvalue weighted by molar-refractivity contribution is 5.70. The van der Waals surface area contributed by atoms with Crippen molar-refractivity contribution < 1.29 is 24.2 Å². The number of allylic oxidation sites excluding steroid dienone is 14. The van der Waals surface area contributed by atoms with E-state index in [1.807, 2.05) is 12.2 Å². The Morgan fingerprint density at radius 3 is 1.57 bits per heavy atom. The van der Waals surface area contributed by atoms with Crippen molar-refractivity contribution >= 4 is 11.9 Å². The Labute approximate surface area is 269 Å². The third kappa shape index (κ3) is 32.0. The highest BCUT2D eigenvalue weighted by Gasteiger charge is 2.15. The van der Waals surface area contributed by atoms with Gasteiger partial charge in [-0.1, -0.05) is 131 Å². The number of esters is 2. The van der Waals surface area contributed by atoms with Gasteiger partial charge in [0.05, 0.1) is 6.61 Å². The summed E-state index contributed by atoms with van der Waals surface area (Å²) in [6, 6.07) is 0. The first-order valence-electron chi connectivity index (χ1n) is 17.1. The van der Waals surface area contributed by atoms with Gasteiger partial charge in [-0.3, -0.25) is 9.59 Å². The molecule has 0 aliphatic rings. The van der Waals surface area contributed by atoms with Crippen molar-refractivity contribution in [1.29, 1.82) is 0 Å². The van der Waals surface area contributed by atoms with Gasteiger partial charge in [0.15, 0.2) is 6.10 Å². The Balaban J connectivity index is 3.79. The maximum Gasteiger partial charge on any atom is 0.306 e. The van der Waals surface area contributed by atoms with Gasteiger partial charge in [-0.2, -0.15) is 0 Å². The lowest BCUT2D eigenvalue weighted by Crippen LogP contribution is -2.28. The summed E-state index contributed by atoms with van der Waals surface area (Å²) >= 11 is 0. The van der Waals surface area contributed by atoms with Crippen LogP contribution in [0.4, 0.5) is 0 Å². The van der Waals surface area contributed by atoms with Gasteiger partial charge in [-0.15, -0.1) is 0 Å². The van der Waals surface area contributed by atoms with Gasteiger partial charge in [0, 0.05) is 12.8 Å². The minimum absolute atomic E-state index is 0.106. The van der Waals surface area contributed by atoms with E-state index in [2.05, 4.69) is 86.8 Å². The van der Waals surface area contributed by atoms with E-state index in [0.29, 0.717) is 12.8 Å². The molecular weight excluding hydrogens is 548 g/mol. The fourth-order valence-corrected chi connectivity index (χ4v) is 4.09. The van der Waals surface area contributed by atoms with Crippen molar-refractivity contribution in [2.75, 3.05) is 13.2 Å². The van der Waals surface area contributed by atoms with E-state index in [0.717, 1.165) is 64.2 Å². The molecule has 5 heteroatoms. The van der Waals surface area contributed by atoms with Crippen molar-refractivity contribution in [3.63, 3.8) is 0 Å². The number of hydrogen-bond acceptors (Lipinski definition) is 5. The number of unbranched alkanes of at least 4 members (excludes halogenated alkanes) is 7. The SMILES string of the molecule is CCC=CCC=CCC=CCC=CCC=CCC=CCCC(=O)OC(CO)COC(=O)CCCCCCCC=CCCCC. The molecule has 0 amide bonds. The zero-order valence-electron chi connectivity index (χ0n) is 27.9. The van der Waals surface area contributed by atoms with Gasteiger partial charge < -0.3 is 14.6 Å². The monoisotopic (exact) mass is 610 g/mol. The molecule has 0 radical (unpaired) electrons. The summed E-state index contributed by atoms with van der Waals surface area (Å²) in [5, 5.41) is 9.49. The molecule has 0 aromatic heterocycles. The summed E-state index contributed by atoms with van der Waals surface area (Å²) in [4.78, 5) is 24.1. The quantitative estimate of drug-likeness (QED) is 0.0518. The molecule has 1 N–H and O–H groups in total. The van der Waals surface area contributed by atoms with Crippen LogP contribution >= 0.6 is 0 Å².